The Morgan fingerprint density at radius 3 is 1.62 bits per heavy atom. The van der Waals surface area contributed by atoms with Crippen molar-refractivity contribution in [3.8, 4) is 0 Å². The minimum absolute atomic E-state index is 1.19. The molecule has 0 amide bonds. The molecule has 0 saturated carbocycles. The van der Waals surface area contributed by atoms with Crippen molar-refractivity contribution in [3.05, 3.63) is 68.7 Å². The number of hydrogen-bond acceptors (Lipinski definition) is 1. The van der Waals surface area contributed by atoms with E-state index in [2.05, 4.69) is 69.3 Å². The van der Waals surface area contributed by atoms with Crippen LogP contribution in [-0.4, -0.2) is 4.98 Å². The van der Waals surface area contributed by atoms with Crippen molar-refractivity contribution in [3.63, 3.8) is 0 Å². The molecule has 1 N–H and O–H groups in total. The van der Waals surface area contributed by atoms with Gasteiger partial charge < -0.3 is 4.98 Å². The third-order valence-electron chi connectivity index (χ3n) is 3.04. The standard InChI is InChI=1S/C7H10.C6H9N.C6H8S/c1-6-3-4-7(2)5-6;2*1-5-3-6(2)7-4-5/h3-4H,5H2,1-2H3;3-4,7H,1-2H3;3-4H,1-2H3. The molecule has 1 aliphatic rings. The fourth-order valence-corrected chi connectivity index (χ4v) is 2.76. The molecule has 0 aromatic carbocycles. The number of aromatic amines is 1. The Balaban J connectivity index is 0.000000157. The summed E-state index contributed by atoms with van der Waals surface area (Å²) in [5.74, 6) is 0. The van der Waals surface area contributed by atoms with Gasteiger partial charge in [0.15, 0.2) is 0 Å². The summed E-state index contributed by atoms with van der Waals surface area (Å²) >= 11 is 1.80. The van der Waals surface area contributed by atoms with Gasteiger partial charge in [0.25, 0.3) is 0 Å². The van der Waals surface area contributed by atoms with Gasteiger partial charge in [-0.05, 0) is 76.6 Å². The van der Waals surface area contributed by atoms with Crippen LogP contribution in [0.5, 0.6) is 0 Å². The number of aryl methyl sites for hydroxylation is 4. The molecule has 0 saturated heterocycles. The smallest absolute Gasteiger partial charge is 0.0118 e. The van der Waals surface area contributed by atoms with Gasteiger partial charge in [0.2, 0.25) is 0 Å². The van der Waals surface area contributed by atoms with E-state index in [1.54, 1.807) is 11.3 Å². The van der Waals surface area contributed by atoms with Gasteiger partial charge >= 0.3 is 0 Å². The molecule has 0 unspecified atom stereocenters. The molecule has 0 aliphatic heterocycles. The summed E-state index contributed by atoms with van der Waals surface area (Å²) < 4.78 is 0. The Morgan fingerprint density at radius 2 is 1.48 bits per heavy atom. The van der Waals surface area contributed by atoms with E-state index in [4.69, 9.17) is 0 Å². The molecule has 1 nitrogen and oxygen atoms in total. The van der Waals surface area contributed by atoms with Crippen LogP contribution in [-0.2, 0) is 0 Å². The van der Waals surface area contributed by atoms with E-state index in [1.165, 1.54) is 39.3 Å². The van der Waals surface area contributed by atoms with Crippen LogP contribution in [0.25, 0.3) is 0 Å². The minimum atomic E-state index is 1.19. The number of aromatic nitrogens is 1. The van der Waals surface area contributed by atoms with Gasteiger partial charge in [-0.25, -0.2) is 0 Å². The van der Waals surface area contributed by atoms with Crippen LogP contribution < -0.4 is 0 Å². The van der Waals surface area contributed by atoms with Crippen LogP contribution in [0.2, 0.25) is 0 Å². The zero-order valence-electron chi connectivity index (χ0n) is 14.1. The summed E-state index contributed by atoms with van der Waals surface area (Å²) in [6.45, 7) is 12.7. The number of thiophene rings is 1. The third-order valence-corrected chi connectivity index (χ3v) is 4.02. The first-order valence-corrected chi connectivity index (χ1v) is 8.21. The van der Waals surface area contributed by atoms with E-state index < -0.39 is 0 Å². The van der Waals surface area contributed by atoms with Crippen molar-refractivity contribution in [1.82, 2.24) is 4.98 Å². The van der Waals surface area contributed by atoms with Gasteiger partial charge in [0.1, 0.15) is 0 Å². The first-order valence-electron chi connectivity index (χ1n) is 7.33. The highest BCUT2D eigenvalue weighted by Crippen LogP contribution is 2.16. The average molecular weight is 301 g/mol. The fourth-order valence-electron chi connectivity index (χ4n) is 2.07. The maximum Gasteiger partial charge on any atom is 0.0118 e. The molecule has 0 bridgehead atoms. The highest BCUT2D eigenvalue weighted by molar-refractivity contribution is 7.10. The summed E-state index contributed by atoms with van der Waals surface area (Å²) in [6, 6.07) is 4.30. The van der Waals surface area contributed by atoms with Crippen molar-refractivity contribution in [2.24, 2.45) is 0 Å². The Hall–Kier alpha value is -1.54. The summed E-state index contributed by atoms with van der Waals surface area (Å²) in [7, 11) is 0. The van der Waals surface area contributed by atoms with Crippen LogP contribution in [0, 0.1) is 27.7 Å². The predicted molar refractivity (Wildman–Crippen MR) is 96.2 cm³/mol. The SMILES string of the molecule is CC1=CC=C(C)C1.Cc1c[nH]c(C)c1.Cc1csc(C)c1. The highest BCUT2D eigenvalue weighted by Gasteiger charge is 1.95. The van der Waals surface area contributed by atoms with Gasteiger partial charge in [-0.15, -0.1) is 11.3 Å². The van der Waals surface area contributed by atoms with E-state index in [0.29, 0.717) is 0 Å². The van der Waals surface area contributed by atoms with E-state index in [9.17, 15) is 0 Å². The molecule has 21 heavy (non-hydrogen) atoms. The maximum atomic E-state index is 3.07. The van der Waals surface area contributed by atoms with Crippen molar-refractivity contribution < 1.29 is 0 Å². The Morgan fingerprint density at radius 1 is 0.857 bits per heavy atom. The normalized spacial score (nSPS) is 12.7. The number of rotatable bonds is 0. The van der Waals surface area contributed by atoms with Crippen LogP contribution >= 0.6 is 11.3 Å². The summed E-state index contributed by atoms with van der Waals surface area (Å²) in [5, 5.41) is 2.16. The Labute approximate surface area is 133 Å². The second kappa shape index (κ2) is 8.68. The molecule has 2 aromatic rings. The molecule has 0 spiro atoms. The van der Waals surface area contributed by atoms with Gasteiger partial charge in [0.05, 0.1) is 0 Å². The number of nitrogens with one attached hydrogen (secondary N) is 1. The average Bonchev–Trinajstić information content (AvgIpc) is 3.06. The lowest BCUT2D eigenvalue weighted by molar-refractivity contribution is 1.15. The quantitative estimate of drug-likeness (QED) is 0.589. The maximum absolute atomic E-state index is 3.07. The lowest BCUT2D eigenvalue weighted by Gasteiger charge is -1.87. The van der Waals surface area contributed by atoms with Crippen molar-refractivity contribution in [2.45, 2.75) is 48.0 Å². The first kappa shape index (κ1) is 17.5. The van der Waals surface area contributed by atoms with Gasteiger partial charge in [-0.2, -0.15) is 0 Å². The number of allylic oxidation sites excluding steroid dienone is 4. The topological polar surface area (TPSA) is 15.8 Å². The molecule has 2 heteroatoms. The van der Waals surface area contributed by atoms with Crippen molar-refractivity contribution in [1.29, 1.82) is 0 Å². The second-order valence-electron chi connectivity index (χ2n) is 5.80. The van der Waals surface area contributed by atoms with E-state index in [1.807, 2.05) is 13.1 Å². The minimum Gasteiger partial charge on any atom is -0.365 e. The molecule has 0 radical (unpaired) electrons. The zero-order valence-corrected chi connectivity index (χ0v) is 14.9. The molecule has 2 aromatic heterocycles. The molecule has 1 aliphatic carbocycles. The second-order valence-corrected chi connectivity index (χ2v) is 6.91. The first-order chi connectivity index (χ1) is 9.86. The molecular formula is C19H27NS. The molecular weight excluding hydrogens is 274 g/mol. The van der Waals surface area contributed by atoms with Crippen LogP contribution in [0.4, 0.5) is 0 Å². The van der Waals surface area contributed by atoms with Crippen molar-refractivity contribution >= 4 is 11.3 Å². The van der Waals surface area contributed by atoms with Gasteiger partial charge in [-0.1, -0.05) is 23.3 Å². The zero-order chi connectivity index (χ0) is 15.8. The lowest BCUT2D eigenvalue weighted by atomic mass is 10.2. The number of hydrogen-bond donors (Lipinski definition) is 1. The molecule has 2 heterocycles. The van der Waals surface area contributed by atoms with Gasteiger partial charge in [0, 0.05) is 16.8 Å². The molecule has 0 fully saturated rings. The molecule has 3 rings (SSSR count). The van der Waals surface area contributed by atoms with Crippen molar-refractivity contribution in [2.75, 3.05) is 0 Å². The highest BCUT2D eigenvalue weighted by atomic mass is 32.1. The van der Waals surface area contributed by atoms with Crippen LogP contribution in [0.15, 0.2) is 47.0 Å². The molecule has 114 valence electrons. The van der Waals surface area contributed by atoms with E-state index in [0.717, 1.165) is 0 Å². The predicted octanol–water partition coefficient (Wildman–Crippen LogP) is 6.28. The third kappa shape index (κ3) is 7.72. The summed E-state index contributed by atoms with van der Waals surface area (Å²) in [4.78, 5) is 4.47. The van der Waals surface area contributed by atoms with E-state index >= 15 is 0 Å². The van der Waals surface area contributed by atoms with Crippen LogP contribution in [0.1, 0.15) is 42.0 Å². The largest absolute Gasteiger partial charge is 0.365 e. The fraction of sp³-hybridized carbons (Fsp3) is 0.368. The van der Waals surface area contributed by atoms with Gasteiger partial charge in [-0.3, -0.25) is 0 Å². The molecule has 0 atom stereocenters. The Kier molecular flexibility index (Phi) is 7.24. The van der Waals surface area contributed by atoms with Crippen LogP contribution in [0.3, 0.4) is 0 Å². The van der Waals surface area contributed by atoms with E-state index in [-0.39, 0.29) is 0 Å². The monoisotopic (exact) mass is 301 g/mol. The summed E-state index contributed by atoms with van der Waals surface area (Å²) in [6.07, 6.45) is 7.54. The summed E-state index contributed by atoms with van der Waals surface area (Å²) in [5.41, 5.74) is 6.88. The number of H-pyrrole nitrogens is 1. The lowest BCUT2D eigenvalue weighted by Crippen LogP contribution is -1.67. The Bertz CT molecular complexity index is 524.